The van der Waals surface area contributed by atoms with Gasteiger partial charge in [-0.15, -0.1) is 0 Å². The van der Waals surface area contributed by atoms with E-state index >= 15 is 0 Å². The molecule has 0 radical (unpaired) electrons. The van der Waals surface area contributed by atoms with Gasteiger partial charge in [0.05, 0.1) is 5.69 Å². The molecule has 0 aliphatic heterocycles. The largest absolute Gasteiger partial charge is 0.476 e. The highest BCUT2D eigenvalue weighted by Gasteiger charge is 2.12. The Balaban J connectivity index is 1.91. The quantitative estimate of drug-likeness (QED) is 0.776. The Morgan fingerprint density at radius 3 is 2.63 bits per heavy atom. The molecular formula is C13H9N3O3. The SMILES string of the molecule is O=C(O)c1cc(-c2ccc(-n3cccn3)cc2)on1. The lowest BCUT2D eigenvalue weighted by atomic mass is 10.1. The second-order valence-corrected chi connectivity index (χ2v) is 3.88. The number of benzene rings is 1. The van der Waals surface area contributed by atoms with Gasteiger partial charge in [0.25, 0.3) is 0 Å². The lowest BCUT2D eigenvalue weighted by Gasteiger charge is -2.01. The summed E-state index contributed by atoms with van der Waals surface area (Å²) in [6, 6.07) is 10.6. The first-order valence-electron chi connectivity index (χ1n) is 5.54. The molecule has 0 saturated carbocycles. The first-order chi connectivity index (χ1) is 9.24. The zero-order valence-electron chi connectivity index (χ0n) is 9.72. The lowest BCUT2D eigenvalue weighted by molar-refractivity contribution is 0.0686. The third-order valence-corrected chi connectivity index (χ3v) is 2.65. The van der Waals surface area contributed by atoms with E-state index in [0.717, 1.165) is 11.3 Å². The summed E-state index contributed by atoms with van der Waals surface area (Å²) in [7, 11) is 0. The summed E-state index contributed by atoms with van der Waals surface area (Å²) in [5.74, 6) is -0.687. The molecule has 0 bridgehead atoms. The summed E-state index contributed by atoms with van der Waals surface area (Å²) in [5.41, 5.74) is 1.56. The van der Waals surface area contributed by atoms with Gasteiger partial charge in [-0.05, 0) is 30.3 Å². The molecule has 0 aliphatic carbocycles. The van der Waals surface area contributed by atoms with Gasteiger partial charge in [-0.3, -0.25) is 0 Å². The highest BCUT2D eigenvalue weighted by molar-refractivity contribution is 5.86. The van der Waals surface area contributed by atoms with Crippen LogP contribution in [-0.2, 0) is 0 Å². The lowest BCUT2D eigenvalue weighted by Crippen LogP contribution is -1.94. The van der Waals surface area contributed by atoms with E-state index in [-0.39, 0.29) is 5.69 Å². The standard InChI is InChI=1S/C13H9N3O3/c17-13(18)11-8-12(19-15-11)9-2-4-10(5-3-9)16-7-1-6-14-16/h1-8H,(H,17,18). The van der Waals surface area contributed by atoms with Gasteiger partial charge in [-0.1, -0.05) is 5.16 Å². The molecular weight excluding hydrogens is 246 g/mol. The van der Waals surface area contributed by atoms with Crippen molar-refractivity contribution < 1.29 is 14.4 Å². The zero-order chi connectivity index (χ0) is 13.2. The van der Waals surface area contributed by atoms with Crippen LogP contribution in [0.15, 0.2) is 53.3 Å². The minimum atomic E-state index is -1.11. The van der Waals surface area contributed by atoms with Gasteiger partial charge < -0.3 is 9.63 Å². The summed E-state index contributed by atoms with van der Waals surface area (Å²) >= 11 is 0. The first-order valence-corrected chi connectivity index (χ1v) is 5.54. The summed E-state index contributed by atoms with van der Waals surface area (Å²) < 4.78 is 6.72. The molecule has 0 unspecified atom stereocenters. The normalized spacial score (nSPS) is 10.5. The first kappa shape index (κ1) is 11.2. The highest BCUT2D eigenvalue weighted by Crippen LogP contribution is 2.21. The fourth-order valence-electron chi connectivity index (χ4n) is 1.71. The Kier molecular flexibility index (Phi) is 2.60. The van der Waals surface area contributed by atoms with E-state index in [0.29, 0.717) is 5.76 Å². The molecule has 0 atom stereocenters. The topological polar surface area (TPSA) is 81.1 Å². The summed E-state index contributed by atoms with van der Waals surface area (Å²) in [6.07, 6.45) is 3.54. The number of aromatic nitrogens is 3. The van der Waals surface area contributed by atoms with Crippen LogP contribution in [-0.4, -0.2) is 26.0 Å². The summed E-state index contributed by atoms with van der Waals surface area (Å²) in [4.78, 5) is 10.7. The predicted octanol–water partition coefficient (Wildman–Crippen LogP) is 2.23. The number of carboxylic acids is 1. The fourth-order valence-corrected chi connectivity index (χ4v) is 1.71. The Hall–Kier alpha value is -2.89. The van der Waals surface area contributed by atoms with Crippen LogP contribution in [0, 0.1) is 0 Å². The van der Waals surface area contributed by atoms with Crippen molar-refractivity contribution in [2.24, 2.45) is 0 Å². The van der Waals surface area contributed by atoms with Crippen molar-refractivity contribution in [1.29, 1.82) is 0 Å². The predicted molar refractivity (Wildman–Crippen MR) is 66.0 cm³/mol. The van der Waals surface area contributed by atoms with Gasteiger partial charge in [0.15, 0.2) is 11.5 Å². The number of carbonyl (C=O) groups is 1. The van der Waals surface area contributed by atoms with Crippen molar-refractivity contribution in [3.8, 4) is 17.0 Å². The Labute approximate surface area is 107 Å². The molecule has 0 spiro atoms. The minimum Gasteiger partial charge on any atom is -0.476 e. The number of hydrogen-bond donors (Lipinski definition) is 1. The van der Waals surface area contributed by atoms with Crippen LogP contribution in [0.5, 0.6) is 0 Å². The van der Waals surface area contributed by atoms with Crippen LogP contribution >= 0.6 is 0 Å². The van der Waals surface area contributed by atoms with Crippen molar-refractivity contribution in [3.05, 3.63) is 54.5 Å². The van der Waals surface area contributed by atoms with E-state index in [1.165, 1.54) is 6.07 Å². The number of aromatic carboxylic acids is 1. The Morgan fingerprint density at radius 1 is 1.26 bits per heavy atom. The highest BCUT2D eigenvalue weighted by atomic mass is 16.5. The second-order valence-electron chi connectivity index (χ2n) is 3.88. The average Bonchev–Trinajstić information content (AvgIpc) is 3.11. The van der Waals surface area contributed by atoms with Crippen molar-refractivity contribution in [2.75, 3.05) is 0 Å². The van der Waals surface area contributed by atoms with Crippen molar-refractivity contribution >= 4 is 5.97 Å². The van der Waals surface area contributed by atoms with Crippen molar-refractivity contribution in [2.45, 2.75) is 0 Å². The third kappa shape index (κ3) is 2.11. The van der Waals surface area contributed by atoms with Crippen LogP contribution in [0.1, 0.15) is 10.5 Å². The van der Waals surface area contributed by atoms with E-state index in [4.69, 9.17) is 9.63 Å². The van der Waals surface area contributed by atoms with Crippen molar-refractivity contribution in [1.82, 2.24) is 14.9 Å². The van der Waals surface area contributed by atoms with Gasteiger partial charge in [-0.2, -0.15) is 5.10 Å². The van der Waals surface area contributed by atoms with Gasteiger partial charge in [-0.25, -0.2) is 9.48 Å². The molecule has 94 valence electrons. The number of hydrogen-bond acceptors (Lipinski definition) is 4. The van der Waals surface area contributed by atoms with Crippen LogP contribution in [0.4, 0.5) is 0 Å². The maximum atomic E-state index is 10.7. The van der Waals surface area contributed by atoms with Crippen molar-refractivity contribution in [3.63, 3.8) is 0 Å². The molecule has 3 rings (SSSR count). The second kappa shape index (κ2) is 4.41. The molecule has 3 aromatic rings. The molecule has 2 aromatic heterocycles. The molecule has 0 aliphatic rings. The zero-order valence-corrected chi connectivity index (χ0v) is 9.72. The van der Waals surface area contributed by atoms with Crippen LogP contribution in [0.2, 0.25) is 0 Å². The monoisotopic (exact) mass is 255 g/mol. The van der Waals surface area contributed by atoms with Gasteiger partial charge in [0.1, 0.15) is 0 Å². The van der Waals surface area contributed by atoms with Gasteiger partial charge in [0.2, 0.25) is 0 Å². The van der Waals surface area contributed by atoms with E-state index in [2.05, 4.69) is 10.3 Å². The molecule has 0 saturated heterocycles. The third-order valence-electron chi connectivity index (χ3n) is 2.65. The Bertz CT molecular complexity index is 699. The van der Waals surface area contributed by atoms with Crippen LogP contribution in [0.3, 0.4) is 0 Å². The number of nitrogens with zero attached hydrogens (tertiary/aromatic N) is 3. The maximum absolute atomic E-state index is 10.7. The van der Waals surface area contributed by atoms with Crippen LogP contribution < -0.4 is 0 Å². The van der Waals surface area contributed by atoms with E-state index in [9.17, 15) is 4.79 Å². The fraction of sp³-hybridized carbons (Fsp3) is 0. The van der Waals surface area contributed by atoms with Gasteiger partial charge >= 0.3 is 5.97 Å². The molecule has 6 nitrogen and oxygen atoms in total. The molecule has 19 heavy (non-hydrogen) atoms. The number of rotatable bonds is 3. The molecule has 0 fully saturated rings. The minimum absolute atomic E-state index is 0.105. The smallest absolute Gasteiger partial charge is 0.358 e. The summed E-state index contributed by atoms with van der Waals surface area (Å²) in [5, 5.41) is 16.4. The number of carboxylic acid groups (broad SMARTS) is 1. The molecule has 2 heterocycles. The Morgan fingerprint density at radius 2 is 2.05 bits per heavy atom. The summed E-state index contributed by atoms with van der Waals surface area (Å²) in [6.45, 7) is 0. The van der Waals surface area contributed by atoms with Crippen LogP contribution in [0.25, 0.3) is 17.0 Å². The van der Waals surface area contributed by atoms with Gasteiger partial charge in [0, 0.05) is 24.0 Å². The van der Waals surface area contributed by atoms with E-state index < -0.39 is 5.97 Å². The average molecular weight is 255 g/mol. The molecule has 1 aromatic carbocycles. The maximum Gasteiger partial charge on any atom is 0.358 e. The molecule has 1 N–H and O–H groups in total. The molecule has 6 heteroatoms. The van der Waals surface area contributed by atoms with E-state index in [1.54, 1.807) is 10.9 Å². The van der Waals surface area contributed by atoms with E-state index in [1.807, 2.05) is 36.5 Å². The molecule has 0 amide bonds.